The molecule has 2 aromatic carbocycles. The lowest BCUT2D eigenvalue weighted by Gasteiger charge is -2.20. The van der Waals surface area contributed by atoms with Crippen LogP contribution in [0.1, 0.15) is 27.9 Å². The maximum Gasteiger partial charge on any atom is 0.226 e. The fourth-order valence-corrected chi connectivity index (χ4v) is 3.53. The maximum absolute atomic E-state index is 14.5. The van der Waals surface area contributed by atoms with Crippen LogP contribution in [0.5, 0.6) is 0 Å². The van der Waals surface area contributed by atoms with E-state index in [0.29, 0.717) is 10.0 Å². The quantitative estimate of drug-likeness (QED) is 0.646. The average molecular weight is 419 g/mol. The normalized spacial score (nSPS) is 12.0. The number of nitrogens with one attached hydrogen (secondary N) is 1. The van der Waals surface area contributed by atoms with Gasteiger partial charge in [-0.25, -0.2) is 9.37 Å². The van der Waals surface area contributed by atoms with E-state index < -0.39 is 6.04 Å². The predicted molar refractivity (Wildman–Crippen MR) is 101 cm³/mol. The van der Waals surface area contributed by atoms with Crippen LogP contribution in [-0.2, 0) is 11.2 Å². The first-order valence-corrected chi connectivity index (χ1v) is 9.40. The average Bonchev–Trinajstić information content (AvgIpc) is 2.99. The minimum atomic E-state index is -0.554. The second-order valence-electron chi connectivity index (χ2n) is 5.61. The van der Waals surface area contributed by atoms with Crippen LogP contribution in [0.25, 0.3) is 0 Å². The number of carbonyl (C=O) groups excluding carboxylic acids is 1. The molecule has 0 aliphatic carbocycles. The van der Waals surface area contributed by atoms with Gasteiger partial charge in [0.1, 0.15) is 5.82 Å². The highest BCUT2D eigenvalue weighted by molar-refractivity contribution is 9.10. The van der Waals surface area contributed by atoms with Crippen LogP contribution < -0.4 is 5.32 Å². The van der Waals surface area contributed by atoms with Crippen LogP contribution >= 0.6 is 27.3 Å². The fraction of sp³-hybridized carbons (Fsp3) is 0.158. The summed E-state index contributed by atoms with van der Waals surface area (Å²) in [6.45, 7) is 1.90. The van der Waals surface area contributed by atoms with Crippen LogP contribution in [0.4, 0.5) is 4.39 Å². The molecule has 0 radical (unpaired) electrons. The minimum absolute atomic E-state index is 0.172. The summed E-state index contributed by atoms with van der Waals surface area (Å²) in [6.07, 6.45) is 0.172. The van der Waals surface area contributed by atoms with Gasteiger partial charge >= 0.3 is 0 Å². The van der Waals surface area contributed by atoms with Gasteiger partial charge in [-0.1, -0.05) is 52.3 Å². The predicted octanol–water partition coefficient (Wildman–Crippen LogP) is 4.80. The Balaban J connectivity index is 1.87. The zero-order chi connectivity index (χ0) is 17.8. The lowest BCUT2D eigenvalue weighted by Crippen LogP contribution is -2.31. The number of rotatable bonds is 5. The van der Waals surface area contributed by atoms with Gasteiger partial charge in [-0.2, -0.15) is 0 Å². The number of hydrogen-bond donors (Lipinski definition) is 1. The SMILES string of the molecule is Cc1nc(CC(=O)NC(c2ccccc2)c2ccc(Br)cc2F)cs1. The van der Waals surface area contributed by atoms with Gasteiger partial charge in [-0.3, -0.25) is 4.79 Å². The van der Waals surface area contributed by atoms with Crippen molar-refractivity contribution in [3.63, 3.8) is 0 Å². The number of benzene rings is 2. The smallest absolute Gasteiger partial charge is 0.226 e. The standard InChI is InChI=1S/C19H16BrFN2OS/c1-12-22-15(11-25-12)10-18(24)23-19(13-5-3-2-4-6-13)16-8-7-14(20)9-17(16)21/h2-9,11,19H,10H2,1H3,(H,23,24). The zero-order valence-electron chi connectivity index (χ0n) is 13.5. The second-order valence-corrected chi connectivity index (χ2v) is 7.59. The minimum Gasteiger partial charge on any atom is -0.345 e. The summed E-state index contributed by atoms with van der Waals surface area (Å²) in [5, 5.41) is 5.72. The van der Waals surface area contributed by atoms with Gasteiger partial charge in [-0.15, -0.1) is 11.3 Å². The van der Waals surface area contributed by atoms with Crippen molar-refractivity contribution in [2.75, 3.05) is 0 Å². The molecule has 3 rings (SSSR count). The van der Waals surface area contributed by atoms with Gasteiger partial charge < -0.3 is 5.32 Å². The molecule has 1 aromatic heterocycles. The van der Waals surface area contributed by atoms with Crippen LogP contribution in [0, 0.1) is 12.7 Å². The highest BCUT2D eigenvalue weighted by atomic mass is 79.9. The lowest BCUT2D eigenvalue weighted by molar-refractivity contribution is -0.121. The summed E-state index contributed by atoms with van der Waals surface area (Å²) in [5.41, 5.74) is 1.98. The number of thiazole rings is 1. The third-order valence-electron chi connectivity index (χ3n) is 3.72. The lowest BCUT2D eigenvalue weighted by atomic mass is 9.98. The van der Waals surface area contributed by atoms with Crippen LogP contribution in [-0.4, -0.2) is 10.9 Å². The Kier molecular flexibility index (Phi) is 5.60. The van der Waals surface area contributed by atoms with Crippen LogP contribution in [0.15, 0.2) is 58.4 Å². The second kappa shape index (κ2) is 7.89. The Morgan fingerprint density at radius 1 is 1.28 bits per heavy atom. The summed E-state index contributed by atoms with van der Waals surface area (Å²) in [6, 6.07) is 13.7. The van der Waals surface area contributed by atoms with E-state index in [2.05, 4.69) is 26.2 Å². The highest BCUT2D eigenvalue weighted by Crippen LogP contribution is 2.26. The molecule has 0 spiro atoms. The Hall–Kier alpha value is -2.05. The van der Waals surface area contributed by atoms with Gasteiger partial charge in [0.25, 0.3) is 0 Å². The number of aromatic nitrogens is 1. The number of carbonyl (C=O) groups is 1. The molecule has 0 saturated heterocycles. The van der Waals surface area contributed by atoms with E-state index in [4.69, 9.17) is 0 Å². The summed E-state index contributed by atoms with van der Waals surface area (Å²) in [4.78, 5) is 16.8. The first kappa shape index (κ1) is 17.8. The van der Waals surface area contributed by atoms with E-state index in [9.17, 15) is 9.18 Å². The van der Waals surface area contributed by atoms with E-state index in [-0.39, 0.29) is 18.1 Å². The molecule has 3 aromatic rings. The van der Waals surface area contributed by atoms with E-state index >= 15 is 0 Å². The molecular formula is C19H16BrFN2OS. The molecule has 0 fully saturated rings. The Bertz CT molecular complexity index is 882. The van der Waals surface area contributed by atoms with E-state index in [0.717, 1.165) is 16.3 Å². The first-order valence-electron chi connectivity index (χ1n) is 7.73. The van der Waals surface area contributed by atoms with Crippen molar-refractivity contribution in [2.45, 2.75) is 19.4 Å². The molecule has 25 heavy (non-hydrogen) atoms. The van der Waals surface area contributed by atoms with Crippen molar-refractivity contribution >= 4 is 33.2 Å². The molecule has 6 heteroatoms. The van der Waals surface area contributed by atoms with Gasteiger partial charge in [-0.05, 0) is 24.6 Å². The number of hydrogen-bond acceptors (Lipinski definition) is 3. The van der Waals surface area contributed by atoms with E-state index in [1.807, 2.05) is 42.6 Å². The molecule has 1 N–H and O–H groups in total. The van der Waals surface area contributed by atoms with Gasteiger partial charge in [0.2, 0.25) is 5.91 Å². The highest BCUT2D eigenvalue weighted by Gasteiger charge is 2.20. The topological polar surface area (TPSA) is 42.0 Å². The molecule has 1 heterocycles. The number of aryl methyl sites for hydroxylation is 1. The van der Waals surface area contributed by atoms with Gasteiger partial charge in [0.05, 0.1) is 23.2 Å². The summed E-state index contributed by atoms with van der Waals surface area (Å²) in [7, 11) is 0. The summed E-state index contributed by atoms with van der Waals surface area (Å²) in [5.74, 6) is -0.561. The molecule has 0 bridgehead atoms. The van der Waals surface area contributed by atoms with E-state index in [1.165, 1.54) is 17.4 Å². The van der Waals surface area contributed by atoms with Crippen molar-refractivity contribution in [2.24, 2.45) is 0 Å². The largest absolute Gasteiger partial charge is 0.345 e. The molecule has 0 aliphatic rings. The zero-order valence-corrected chi connectivity index (χ0v) is 15.9. The van der Waals surface area contributed by atoms with Crippen molar-refractivity contribution in [1.29, 1.82) is 0 Å². The van der Waals surface area contributed by atoms with Crippen LogP contribution in [0.2, 0.25) is 0 Å². The molecule has 0 aliphatic heterocycles. The summed E-state index contributed by atoms with van der Waals surface area (Å²) < 4.78 is 15.1. The molecule has 3 nitrogen and oxygen atoms in total. The number of halogens is 2. The maximum atomic E-state index is 14.5. The fourth-order valence-electron chi connectivity index (χ4n) is 2.59. The van der Waals surface area contributed by atoms with Crippen molar-refractivity contribution < 1.29 is 9.18 Å². The van der Waals surface area contributed by atoms with Crippen LogP contribution in [0.3, 0.4) is 0 Å². The summed E-state index contributed by atoms with van der Waals surface area (Å²) >= 11 is 4.77. The Morgan fingerprint density at radius 3 is 2.68 bits per heavy atom. The number of nitrogens with zero attached hydrogens (tertiary/aromatic N) is 1. The molecule has 1 atom stereocenters. The van der Waals surface area contributed by atoms with Gasteiger partial charge in [0.15, 0.2) is 0 Å². The monoisotopic (exact) mass is 418 g/mol. The number of amides is 1. The van der Waals surface area contributed by atoms with Gasteiger partial charge in [0, 0.05) is 15.4 Å². The van der Waals surface area contributed by atoms with Crippen molar-refractivity contribution in [3.05, 3.63) is 86.0 Å². The van der Waals surface area contributed by atoms with Crippen molar-refractivity contribution in [3.8, 4) is 0 Å². The molecule has 0 saturated carbocycles. The molecule has 128 valence electrons. The Morgan fingerprint density at radius 2 is 2.04 bits per heavy atom. The third kappa shape index (κ3) is 4.52. The molecule has 1 unspecified atom stereocenters. The Labute approximate surface area is 158 Å². The molecular weight excluding hydrogens is 403 g/mol. The molecule has 1 amide bonds. The first-order chi connectivity index (χ1) is 12.0. The van der Waals surface area contributed by atoms with E-state index in [1.54, 1.807) is 12.1 Å². The van der Waals surface area contributed by atoms with Crippen molar-refractivity contribution in [1.82, 2.24) is 10.3 Å². The third-order valence-corrected chi connectivity index (χ3v) is 5.04.